The first kappa shape index (κ1) is 26.3. The van der Waals surface area contributed by atoms with Gasteiger partial charge in [0.2, 0.25) is 17.6 Å². The number of carbonyl (C=O) groups is 3. The van der Waals surface area contributed by atoms with Gasteiger partial charge in [0.15, 0.2) is 11.5 Å². The second-order valence-electron chi connectivity index (χ2n) is 9.49. The lowest BCUT2D eigenvalue weighted by Gasteiger charge is -2.44. The SMILES string of the molecule is CCCN1C(=O)c2ccccc2C(C(=O)N2CCCC(C(N)=O)C2)C1c1cc(OC)c(OC)c(OC)c1. The highest BCUT2D eigenvalue weighted by Crippen LogP contribution is 2.48. The van der Waals surface area contributed by atoms with Crippen LogP contribution in [0.25, 0.3) is 0 Å². The molecule has 4 rings (SSSR count). The standard InChI is InChI=1S/C28H35N3O6/c1-5-12-31-24(18-14-21(35-2)25(37-4)22(15-18)36-3)23(19-10-6-7-11-20(19)27(31)33)28(34)30-13-8-9-17(16-30)26(29)32/h6-7,10-11,14-15,17,23-24H,5,8-9,12-13,16H2,1-4H3,(H2,29,32). The lowest BCUT2D eigenvalue weighted by atomic mass is 9.78. The van der Waals surface area contributed by atoms with Gasteiger partial charge in [-0.2, -0.15) is 0 Å². The number of benzene rings is 2. The van der Waals surface area contributed by atoms with Crippen LogP contribution in [0, 0.1) is 5.92 Å². The fourth-order valence-corrected chi connectivity index (χ4v) is 5.59. The molecule has 3 unspecified atom stereocenters. The third-order valence-electron chi connectivity index (χ3n) is 7.33. The van der Waals surface area contributed by atoms with Crippen molar-refractivity contribution in [2.24, 2.45) is 11.7 Å². The third kappa shape index (κ3) is 4.82. The van der Waals surface area contributed by atoms with Crippen LogP contribution in [0.5, 0.6) is 17.2 Å². The molecule has 0 spiro atoms. The van der Waals surface area contributed by atoms with Crippen molar-refractivity contribution in [1.82, 2.24) is 9.80 Å². The van der Waals surface area contributed by atoms with Crippen LogP contribution in [0.2, 0.25) is 0 Å². The van der Waals surface area contributed by atoms with Crippen molar-refractivity contribution in [1.29, 1.82) is 0 Å². The number of methoxy groups -OCH3 is 3. The molecule has 2 aromatic carbocycles. The zero-order valence-corrected chi connectivity index (χ0v) is 21.9. The molecular formula is C28H35N3O6. The van der Waals surface area contributed by atoms with Gasteiger partial charge < -0.3 is 29.7 Å². The summed E-state index contributed by atoms with van der Waals surface area (Å²) in [4.78, 5) is 43.5. The molecule has 2 aromatic rings. The van der Waals surface area contributed by atoms with Crippen LogP contribution >= 0.6 is 0 Å². The number of fused-ring (bicyclic) bond motifs is 1. The molecule has 0 saturated carbocycles. The van der Waals surface area contributed by atoms with E-state index in [9.17, 15) is 14.4 Å². The van der Waals surface area contributed by atoms with Crippen molar-refractivity contribution in [2.75, 3.05) is 41.0 Å². The van der Waals surface area contributed by atoms with Crippen LogP contribution in [-0.4, -0.2) is 68.5 Å². The topological polar surface area (TPSA) is 111 Å². The Morgan fingerprint density at radius 1 is 1.05 bits per heavy atom. The smallest absolute Gasteiger partial charge is 0.254 e. The molecule has 9 heteroatoms. The number of hydrogen-bond donors (Lipinski definition) is 1. The second kappa shape index (κ2) is 11.1. The second-order valence-corrected chi connectivity index (χ2v) is 9.49. The quantitative estimate of drug-likeness (QED) is 0.585. The minimum absolute atomic E-state index is 0.131. The van der Waals surface area contributed by atoms with Gasteiger partial charge in [0.05, 0.1) is 39.2 Å². The predicted molar refractivity (Wildman–Crippen MR) is 138 cm³/mol. The van der Waals surface area contributed by atoms with E-state index in [1.54, 1.807) is 28.0 Å². The van der Waals surface area contributed by atoms with Crippen LogP contribution in [0.4, 0.5) is 0 Å². The molecule has 1 fully saturated rings. The number of rotatable bonds is 8. The molecule has 198 valence electrons. The summed E-state index contributed by atoms with van der Waals surface area (Å²) in [5, 5.41) is 0. The van der Waals surface area contributed by atoms with Crippen LogP contribution < -0.4 is 19.9 Å². The molecular weight excluding hydrogens is 474 g/mol. The van der Waals surface area contributed by atoms with Gasteiger partial charge in [-0.3, -0.25) is 14.4 Å². The van der Waals surface area contributed by atoms with E-state index in [2.05, 4.69) is 0 Å². The molecule has 1 saturated heterocycles. The number of nitrogens with zero attached hydrogens (tertiary/aromatic N) is 2. The first-order chi connectivity index (χ1) is 17.9. The Morgan fingerprint density at radius 3 is 2.32 bits per heavy atom. The Labute approximate surface area is 217 Å². The predicted octanol–water partition coefficient (Wildman–Crippen LogP) is 3.13. The van der Waals surface area contributed by atoms with Crippen LogP contribution in [0.15, 0.2) is 36.4 Å². The first-order valence-electron chi connectivity index (χ1n) is 12.6. The summed E-state index contributed by atoms with van der Waals surface area (Å²) in [5.41, 5.74) is 7.49. The van der Waals surface area contributed by atoms with Gasteiger partial charge in [-0.05, 0) is 48.6 Å². The molecule has 2 N–H and O–H groups in total. The molecule has 0 aliphatic carbocycles. The molecule has 0 bridgehead atoms. The average Bonchev–Trinajstić information content (AvgIpc) is 2.93. The van der Waals surface area contributed by atoms with Gasteiger partial charge in [0, 0.05) is 25.2 Å². The van der Waals surface area contributed by atoms with E-state index in [4.69, 9.17) is 19.9 Å². The van der Waals surface area contributed by atoms with Crippen molar-refractivity contribution in [3.63, 3.8) is 0 Å². The van der Waals surface area contributed by atoms with E-state index in [-0.39, 0.29) is 24.3 Å². The summed E-state index contributed by atoms with van der Waals surface area (Å²) < 4.78 is 16.7. The molecule has 2 heterocycles. The Morgan fingerprint density at radius 2 is 1.73 bits per heavy atom. The zero-order valence-electron chi connectivity index (χ0n) is 21.9. The van der Waals surface area contributed by atoms with Gasteiger partial charge in [0.25, 0.3) is 5.91 Å². The largest absolute Gasteiger partial charge is 0.493 e. The van der Waals surface area contributed by atoms with Crippen LogP contribution in [0.1, 0.15) is 59.6 Å². The lowest BCUT2D eigenvalue weighted by Crippen LogP contribution is -2.51. The highest BCUT2D eigenvalue weighted by Gasteiger charge is 2.46. The number of carbonyl (C=O) groups excluding carboxylic acids is 3. The fraction of sp³-hybridized carbons (Fsp3) is 0.464. The minimum Gasteiger partial charge on any atom is -0.493 e. The monoisotopic (exact) mass is 509 g/mol. The third-order valence-corrected chi connectivity index (χ3v) is 7.33. The van der Waals surface area contributed by atoms with Crippen molar-refractivity contribution in [3.8, 4) is 17.2 Å². The number of nitrogens with two attached hydrogens (primary N) is 1. The Kier molecular flexibility index (Phi) is 7.90. The number of amides is 3. The molecule has 2 aliphatic heterocycles. The van der Waals surface area contributed by atoms with Crippen molar-refractivity contribution >= 4 is 17.7 Å². The number of primary amides is 1. The Hall–Kier alpha value is -3.75. The van der Waals surface area contributed by atoms with E-state index >= 15 is 0 Å². The zero-order chi connectivity index (χ0) is 26.7. The number of piperidine rings is 1. The fourth-order valence-electron chi connectivity index (χ4n) is 5.59. The highest BCUT2D eigenvalue weighted by molar-refractivity contribution is 6.01. The van der Waals surface area contributed by atoms with Crippen molar-refractivity contribution < 1.29 is 28.6 Å². The normalized spacial score (nSPS) is 21.3. The molecule has 0 radical (unpaired) electrons. The summed E-state index contributed by atoms with van der Waals surface area (Å²) in [6.07, 6.45) is 2.07. The maximum absolute atomic E-state index is 14.3. The van der Waals surface area contributed by atoms with E-state index in [0.29, 0.717) is 66.3 Å². The minimum atomic E-state index is -0.685. The molecule has 0 aromatic heterocycles. The van der Waals surface area contributed by atoms with E-state index in [1.807, 2.05) is 25.1 Å². The summed E-state index contributed by atoms with van der Waals surface area (Å²) in [6.45, 7) is 3.27. The van der Waals surface area contributed by atoms with Crippen LogP contribution in [0.3, 0.4) is 0 Å². The Bertz CT molecular complexity index is 1160. The van der Waals surface area contributed by atoms with Gasteiger partial charge in [-0.15, -0.1) is 0 Å². The van der Waals surface area contributed by atoms with Crippen LogP contribution in [-0.2, 0) is 9.59 Å². The Balaban J connectivity index is 1.90. The summed E-state index contributed by atoms with van der Waals surface area (Å²) in [7, 11) is 4.60. The lowest BCUT2D eigenvalue weighted by molar-refractivity contribution is -0.138. The van der Waals surface area contributed by atoms with Gasteiger partial charge >= 0.3 is 0 Å². The first-order valence-corrected chi connectivity index (χ1v) is 12.6. The highest BCUT2D eigenvalue weighted by atomic mass is 16.5. The van der Waals surface area contributed by atoms with E-state index in [1.165, 1.54) is 21.3 Å². The van der Waals surface area contributed by atoms with Gasteiger partial charge in [0.1, 0.15) is 0 Å². The summed E-state index contributed by atoms with van der Waals surface area (Å²) in [6, 6.07) is 10.3. The maximum atomic E-state index is 14.3. The maximum Gasteiger partial charge on any atom is 0.254 e. The summed E-state index contributed by atoms with van der Waals surface area (Å²) in [5.74, 6) is -0.415. The average molecular weight is 510 g/mol. The van der Waals surface area contributed by atoms with Crippen molar-refractivity contribution in [3.05, 3.63) is 53.1 Å². The molecule has 9 nitrogen and oxygen atoms in total. The van der Waals surface area contributed by atoms with E-state index in [0.717, 1.165) is 0 Å². The molecule has 3 amide bonds. The van der Waals surface area contributed by atoms with Crippen molar-refractivity contribution in [2.45, 2.75) is 38.1 Å². The number of likely N-dealkylation sites (tertiary alicyclic amines) is 1. The molecule has 37 heavy (non-hydrogen) atoms. The number of hydrogen-bond acceptors (Lipinski definition) is 6. The van der Waals surface area contributed by atoms with Gasteiger partial charge in [-0.25, -0.2) is 0 Å². The van der Waals surface area contributed by atoms with E-state index < -0.39 is 17.9 Å². The molecule has 2 aliphatic rings. The molecule has 3 atom stereocenters. The number of ether oxygens (including phenoxy) is 3. The summed E-state index contributed by atoms with van der Waals surface area (Å²) >= 11 is 0. The van der Waals surface area contributed by atoms with Gasteiger partial charge in [-0.1, -0.05) is 25.1 Å².